The summed E-state index contributed by atoms with van der Waals surface area (Å²) in [6, 6.07) is 10.8. The first kappa shape index (κ1) is 13.3. The summed E-state index contributed by atoms with van der Waals surface area (Å²) in [5.74, 6) is 0.492. The maximum absolute atomic E-state index is 13.9. The molecule has 0 bridgehead atoms. The minimum absolute atomic E-state index is 0.0644. The average molecular weight is 292 g/mol. The first-order valence-corrected chi connectivity index (χ1v) is 6.94. The Balaban J connectivity index is 1.92. The number of nitrogens with one attached hydrogen (secondary N) is 1. The molecule has 1 N–H and O–H groups in total. The van der Waals surface area contributed by atoms with Crippen LogP contribution in [0.1, 0.15) is 23.6 Å². The first-order valence-electron chi connectivity index (χ1n) is 6.56. The lowest BCUT2D eigenvalue weighted by molar-refractivity contribution is 0.414. The minimum Gasteiger partial charge on any atom is -0.497 e. The van der Waals surface area contributed by atoms with E-state index in [9.17, 15) is 4.39 Å². The van der Waals surface area contributed by atoms with E-state index in [2.05, 4.69) is 11.4 Å². The Kier molecular flexibility index (Phi) is 3.53. The number of hydrogen-bond acceptors (Lipinski definition) is 2. The first-order chi connectivity index (χ1) is 9.69. The van der Waals surface area contributed by atoms with E-state index in [4.69, 9.17) is 16.3 Å². The van der Waals surface area contributed by atoms with Crippen LogP contribution in [0.2, 0.25) is 5.02 Å². The van der Waals surface area contributed by atoms with E-state index in [1.165, 1.54) is 11.6 Å². The van der Waals surface area contributed by atoms with Crippen LogP contribution in [0.5, 0.6) is 5.75 Å². The molecule has 104 valence electrons. The monoisotopic (exact) mass is 291 g/mol. The number of para-hydroxylation sites is 1. The van der Waals surface area contributed by atoms with Gasteiger partial charge in [-0.25, -0.2) is 4.39 Å². The second-order valence-corrected chi connectivity index (χ2v) is 5.30. The predicted molar refractivity (Wildman–Crippen MR) is 79.1 cm³/mol. The molecule has 4 heteroatoms. The van der Waals surface area contributed by atoms with Gasteiger partial charge in [0.1, 0.15) is 11.6 Å². The number of aryl methyl sites for hydroxylation is 1. The molecule has 2 aromatic carbocycles. The van der Waals surface area contributed by atoms with Gasteiger partial charge in [0.05, 0.1) is 23.9 Å². The summed E-state index contributed by atoms with van der Waals surface area (Å²) in [6.07, 6.45) is 1.90. The van der Waals surface area contributed by atoms with E-state index >= 15 is 0 Å². The number of anilines is 1. The molecule has 3 rings (SSSR count). The van der Waals surface area contributed by atoms with Crippen molar-refractivity contribution in [1.29, 1.82) is 0 Å². The Morgan fingerprint density at radius 3 is 2.90 bits per heavy atom. The Hall–Kier alpha value is -1.74. The molecule has 1 aliphatic carbocycles. The van der Waals surface area contributed by atoms with Crippen molar-refractivity contribution in [3.63, 3.8) is 0 Å². The van der Waals surface area contributed by atoms with Crippen LogP contribution in [0.3, 0.4) is 0 Å². The van der Waals surface area contributed by atoms with E-state index in [0.29, 0.717) is 10.7 Å². The summed E-state index contributed by atoms with van der Waals surface area (Å²) in [5, 5.41) is 3.63. The van der Waals surface area contributed by atoms with Gasteiger partial charge in [-0.05, 0) is 48.2 Å². The molecule has 0 saturated heterocycles. The molecule has 1 atom stereocenters. The third kappa shape index (κ3) is 2.34. The highest BCUT2D eigenvalue weighted by Gasteiger charge is 2.24. The molecular weight excluding hydrogens is 277 g/mol. The van der Waals surface area contributed by atoms with Crippen LogP contribution in [0.15, 0.2) is 36.4 Å². The van der Waals surface area contributed by atoms with Crippen LogP contribution in [-0.2, 0) is 6.42 Å². The van der Waals surface area contributed by atoms with Crippen LogP contribution in [0, 0.1) is 5.82 Å². The van der Waals surface area contributed by atoms with E-state index in [-0.39, 0.29) is 11.9 Å². The van der Waals surface area contributed by atoms with Gasteiger partial charge in [0.25, 0.3) is 0 Å². The molecule has 0 aromatic heterocycles. The van der Waals surface area contributed by atoms with Gasteiger partial charge in [0.15, 0.2) is 0 Å². The van der Waals surface area contributed by atoms with Crippen LogP contribution in [-0.4, -0.2) is 7.11 Å². The number of benzene rings is 2. The van der Waals surface area contributed by atoms with Gasteiger partial charge in [-0.2, -0.15) is 0 Å². The molecule has 2 aromatic rings. The van der Waals surface area contributed by atoms with Crippen LogP contribution in [0.25, 0.3) is 0 Å². The number of ether oxygens (including phenoxy) is 1. The second-order valence-electron chi connectivity index (χ2n) is 4.90. The van der Waals surface area contributed by atoms with Gasteiger partial charge < -0.3 is 10.1 Å². The van der Waals surface area contributed by atoms with Gasteiger partial charge in [-0.3, -0.25) is 0 Å². The van der Waals surface area contributed by atoms with E-state index in [0.717, 1.165) is 24.2 Å². The number of halogens is 2. The van der Waals surface area contributed by atoms with Crippen molar-refractivity contribution in [2.45, 2.75) is 18.9 Å². The van der Waals surface area contributed by atoms with Crippen molar-refractivity contribution >= 4 is 17.3 Å². The van der Waals surface area contributed by atoms with Crippen molar-refractivity contribution in [3.05, 3.63) is 58.4 Å². The Bertz CT molecular complexity index is 624. The normalized spacial score (nSPS) is 16.9. The van der Waals surface area contributed by atoms with Gasteiger partial charge in [0.2, 0.25) is 0 Å². The lowest BCUT2D eigenvalue weighted by atomic mass is 10.1. The standard InChI is InChI=1S/C16H15ClFNO/c1-20-11-7-5-10-6-8-15(12(10)9-11)19-16-13(17)3-2-4-14(16)18/h2-5,7,9,15,19H,6,8H2,1H3. The molecule has 2 nitrogen and oxygen atoms in total. The summed E-state index contributed by atoms with van der Waals surface area (Å²) in [6.45, 7) is 0. The van der Waals surface area contributed by atoms with Gasteiger partial charge >= 0.3 is 0 Å². The molecule has 0 heterocycles. The van der Waals surface area contributed by atoms with Crippen LogP contribution >= 0.6 is 11.6 Å². The molecule has 20 heavy (non-hydrogen) atoms. The maximum Gasteiger partial charge on any atom is 0.147 e. The molecule has 1 aliphatic rings. The predicted octanol–water partition coefficient (Wildman–Crippen LogP) is 4.59. The van der Waals surface area contributed by atoms with Crippen LogP contribution < -0.4 is 10.1 Å². The van der Waals surface area contributed by atoms with Crippen LogP contribution in [0.4, 0.5) is 10.1 Å². The summed E-state index contributed by atoms with van der Waals surface area (Å²) in [4.78, 5) is 0. The number of fused-ring (bicyclic) bond motifs is 1. The summed E-state index contributed by atoms with van der Waals surface area (Å²) < 4.78 is 19.1. The van der Waals surface area contributed by atoms with Crippen molar-refractivity contribution in [1.82, 2.24) is 0 Å². The Labute approximate surface area is 122 Å². The highest BCUT2D eigenvalue weighted by atomic mass is 35.5. The average Bonchev–Trinajstić information content (AvgIpc) is 2.85. The lowest BCUT2D eigenvalue weighted by Crippen LogP contribution is -2.09. The summed E-state index contributed by atoms with van der Waals surface area (Å²) in [7, 11) is 1.65. The third-order valence-corrected chi connectivity index (χ3v) is 4.03. The van der Waals surface area contributed by atoms with E-state index in [1.807, 2.05) is 12.1 Å². The summed E-state index contributed by atoms with van der Waals surface area (Å²) >= 11 is 6.07. The molecule has 0 fully saturated rings. The van der Waals surface area contributed by atoms with Gasteiger partial charge in [0, 0.05) is 0 Å². The summed E-state index contributed by atoms with van der Waals surface area (Å²) in [5.41, 5.74) is 2.80. The third-order valence-electron chi connectivity index (χ3n) is 3.71. The number of rotatable bonds is 3. The molecule has 0 amide bonds. The quantitative estimate of drug-likeness (QED) is 0.893. The fraction of sp³-hybridized carbons (Fsp3) is 0.250. The topological polar surface area (TPSA) is 21.3 Å². The minimum atomic E-state index is -0.325. The van der Waals surface area contributed by atoms with Crippen molar-refractivity contribution in [2.75, 3.05) is 12.4 Å². The smallest absolute Gasteiger partial charge is 0.147 e. The van der Waals surface area contributed by atoms with Gasteiger partial charge in [-0.1, -0.05) is 23.7 Å². The Morgan fingerprint density at radius 1 is 1.30 bits per heavy atom. The SMILES string of the molecule is COc1ccc2c(c1)C(Nc1c(F)cccc1Cl)CC2. The second kappa shape index (κ2) is 5.33. The molecule has 0 saturated carbocycles. The largest absolute Gasteiger partial charge is 0.497 e. The van der Waals surface area contributed by atoms with E-state index in [1.54, 1.807) is 19.2 Å². The lowest BCUT2D eigenvalue weighted by Gasteiger charge is -2.17. The van der Waals surface area contributed by atoms with Gasteiger partial charge in [-0.15, -0.1) is 0 Å². The van der Waals surface area contributed by atoms with Crippen molar-refractivity contribution < 1.29 is 9.13 Å². The highest BCUT2D eigenvalue weighted by Crippen LogP contribution is 2.38. The van der Waals surface area contributed by atoms with Crippen molar-refractivity contribution in [3.8, 4) is 5.75 Å². The fourth-order valence-electron chi connectivity index (χ4n) is 2.67. The zero-order valence-corrected chi connectivity index (χ0v) is 11.9. The van der Waals surface area contributed by atoms with E-state index < -0.39 is 0 Å². The maximum atomic E-state index is 13.9. The highest BCUT2D eigenvalue weighted by molar-refractivity contribution is 6.33. The number of methoxy groups -OCH3 is 1. The zero-order valence-electron chi connectivity index (χ0n) is 11.1. The fourth-order valence-corrected chi connectivity index (χ4v) is 2.88. The Morgan fingerprint density at radius 2 is 2.15 bits per heavy atom. The molecular formula is C16H15ClFNO. The zero-order chi connectivity index (χ0) is 14.1. The molecule has 1 unspecified atom stereocenters. The molecule has 0 spiro atoms. The molecule has 0 aliphatic heterocycles. The number of hydrogen-bond donors (Lipinski definition) is 1. The van der Waals surface area contributed by atoms with Crippen molar-refractivity contribution in [2.24, 2.45) is 0 Å². The molecule has 0 radical (unpaired) electrons.